The van der Waals surface area contributed by atoms with Crippen LogP contribution in [0.4, 0.5) is 5.69 Å². The third kappa shape index (κ3) is 4.25. The maximum atomic E-state index is 12.0. The summed E-state index contributed by atoms with van der Waals surface area (Å²) in [5.41, 5.74) is 1.65. The quantitative estimate of drug-likeness (QED) is 0.260. The molecule has 0 fully saturated rings. The molecule has 9 heteroatoms. The molecule has 8 nitrogen and oxygen atoms in total. The second-order valence-electron chi connectivity index (χ2n) is 5.97. The molecular weight excluding hydrogens is 396 g/mol. The SMILES string of the molecule is O=C(/C=C/c1cc2c(cc1[N+](=O)[O-])OCO2)OCc1csc(-c2ccccc2)n1. The van der Waals surface area contributed by atoms with Gasteiger partial charge in [0.05, 0.1) is 22.2 Å². The fourth-order valence-electron chi connectivity index (χ4n) is 2.68. The average molecular weight is 410 g/mol. The van der Waals surface area contributed by atoms with Gasteiger partial charge in [0.1, 0.15) is 11.6 Å². The summed E-state index contributed by atoms with van der Waals surface area (Å²) < 4.78 is 15.6. The lowest BCUT2D eigenvalue weighted by atomic mass is 10.1. The van der Waals surface area contributed by atoms with E-state index < -0.39 is 10.9 Å². The summed E-state index contributed by atoms with van der Waals surface area (Å²) in [6.45, 7) is 0.00997. The third-order valence-corrected chi connectivity index (χ3v) is 4.99. The molecule has 0 saturated carbocycles. The number of carbonyl (C=O) groups is 1. The largest absolute Gasteiger partial charge is 0.456 e. The summed E-state index contributed by atoms with van der Waals surface area (Å²) in [5, 5.41) is 13.9. The van der Waals surface area contributed by atoms with Crippen LogP contribution in [0.15, 0.2) is 53.9 Å². The third-order valence-electron chi connectivity index (χ3n) is 4.05. The second kappa shape index (κ2) is 8.11. The topological polar surface area (TPSA) is 101 Å². The zero-order valence-corrected chi connectivity index (χ0v) is 15.8. The lowest BCUT2D eigenvalue weighted by Crippen LogP contribution is -2.01. The average Bonchev–Trinajstić information content (AvgIpc) is 3.39. The first-order valence-electron chi connectivity index (χ1n) is 8.53. The number of hydrogen-bond acceptors (Lipinski definition) is 8. The lowest BCUT2D eigenvalue weighted by Gasteiger charge is -2.01. The van der Waals surface area contributed by atoms with Crippen LogP contribution in [0.3, 0.4) is 0 Å². The van der Waals surface area contributed by atoms with Gasteiger partial charge in [0.15, 0.2) is 11.5 Å². The van der Waals surface area contributed by atoms with E-state index in [1.165, 1.54) is 29.5 Å². The normalized spacial score (nSPS) is 12.3. The van der Waals surface area contributed by atoms with Gasteiger partial charge in [-0.2, -0.15) is 0 Å². The molecule has 1 aliphatic heterocycles. The van der Waals surface area contributed by atoms with Crippen LogP contribution in [0, 0.1) is 10.1 Å². The first kappa shape index (κ1) is 18.6. The number of fused-ring (bicyclic) bond motifs is 1. The molecule has 1 aliphatic rings. The van der Waals surface area contributed by atoms with E-state index in [1.807, 2.05) is 35.7 Å². The highest BCUT2D eigenvalue weighted by Gasteiger charge is 2.22. The number of carbonyl (C=O) groups excluding carboxylic acids is 1. The molecule has 2 aromatic carbocycles. The summed E-state index contributed by atoms with van der Waals surface area (Å²) in [4.78, 5) is 27.2. The minimum Gasteiger partial charge on any atom is -0.456 e. The predicted molar refractivity (Wildman–Crippen MR) is 106 cm³/mol. The number of benzene rings is 2. The molecule has 1 aromatic heterocycles. The summed E-state index contributed by atoms with van der Waals surface area (Å²) >= 11 is 1.46. The molecule has 0 N–H and O–H groups in total. The fraction of sp³-hybridized carbons (Fsp3) is 0.100. The van der Waals surface area contributed by atoms with Crippen LogP contribution in [0.2, 0.25) is 0 Å². The standard InChI is InChI=1S/C20H14N2O6S/c23-19(26-10-15-11-29-20(21-15)13-4-2-1-3-5-13)7-6-14-8-17-18(28-12-27-17)9-16(14)22(24)25/h1-9,11H,10,12H2/b7-6+. The van der Waals surface area contributed by atoms with Gasteiger partial charge in [0.25, 0.3) is 5.69 Å². The summed E-state index contributed by atoms with van der Waals surface area (Å²) in [7, 11) is 0. The van der Waals surface area contributed by atoms with Crippen LogP contribution >= 0.6 is 11.3 Å². The molecule has 2 heterocycles. The molecule has 4 rings (SSSR count). The van der Waals surface area contributed by atoms with Gasteiger partial charge in [0, 0.05) is 17.0 Å². The van der Waals surface area contributed by atoms with Crippen LogP contribution in [0.25, 0.3) is 16.6 Å². The number of thiazole rings is 1. The van der Waals surface area contributed by atoms with Crippen molar-refractivity contribution in [1.29, 1.82) is 0 Å². The number of ether oxygens (including phenoxy) is 3. The Kier molecular flexibility index (Phi) is 5.21. The van der Waals surface area contributed by atoms with Gasteiger partial charge in [-0.1, -0.05) is 30.3 Å². The van der Waals surface area contributed by atoms with E-state index in [0.717, 1.165) is 16.6 Å². The minimum absolute atomic E-state index is 0.000305. The van der Waals surface area contributed by atoms with Crippen molar-refractivity contribution < 1.29 is 23.9 Å². The predicted octanol–water partition coefficient (Wildman–Crippen LogP) is 4.20. The molecule has 0 saturated heterocycles. The Morgan fingerprint density at radius 1 is 1.24 bits per heavy atom. The molecular formula is C20H14N2O6S. The summed E-state index contributed by atoms with van der Waals surface area (Å²) in [5.74, 6) is 0.0555. The molecule has 3 aromatic rings. The Balaban J connectivity index is 1.41. The van der Waals surface area contributed by atoms with Crippen molar-refractivity contribution in [1.82, 2.24) is 4.98 Å². The fourth-order valence-corrected chi connectivity index (χ4v) is 3.49. The van der Waals surface area contributed by atoms with Gasteiger partial charge in [0.2, 0.25) is 6.79 Å². The Morgan fingerprint density at radius 2 is 2.00 bits per heavy atom. The van der Waals surface area contributed by atoms with Crippen molar-refractivity contribution in [3.8, 4) is 22.1 Å². The van der Waals surface area contributed by atoms with Crippen LogP contribution in [-0.2, 0) is 16.1 Å². The number of nitrogens with zero attached hydrogens (tertiary/aromatic N) is 2. The Bertz CT molecular complexity index is 1090. The van der Waals surface area contributed by atoms with Gasteiger partial charge in [-0.05, 0) is 12.1 Å². The summed E-state index contributed by atoms with van der Waals surface area (Å²) in [6, 6.07) is 12.4. The van der Waals surface area contributed by atoms with Gasteiger partial charge >= 0.3 is 5.97 Å². The highest BCUT2D eigenvalue weighted by Crippen LogP contribution is 2.38. The molecule has 0 spiro atoms. The van der Waals surface area contributed by atoms with E-state index in [4.69, 9.17) is 14.2 Å². The van der Waals surface area contributed by atoms with E-state index in [9.17, 15) is 14.9 Å². The van der Waals surface area contributed by atoms with E-state index in [-0.39, 0.29) is 24.7 Å². The van der Waals surface area contributed by atoms with E-state index in [0.29, 0.717) is 17.2 Å². The molecule has 0 amide bonds. The number of rotatable bonds is 6. The van der Waals surface area contributed by atoms with Crippen molar-refractivity contribution >= 4 is 29.1 Å². The molecule has 0 atom stereocenters. The van der Waals surface area contributed by atoms with Crippen LogP contribution in [0.5, 0.6) is 11.5 Å². The van der Waals surface area contributed by atoms with Gasteiger partial charge in [-0.25, -0.2) is 9.78 Å². The number of aromatic nitrogens is 1. The maximum Gasteiger partial charge on any atom is 0.331 e. The molecule has 0 bridgehead atoms. The molecule has 0 unspecified atom stereocenters. The first-order valence-corrected chi connectivity index (χ1v) is 9.41. The number of nitro groups is 1. The molecule has 146 valence electrons. The van der Waals surface area contributed by atoms with Gasteiger partial charge in [-0.15, -0.1) is 11.3 Å². The highest BCUT2D eigenvalue weighted by molar-refractivity contribution is 7.13. The zero-order valence-electron chi connectivity index (χ0n) is 14.9. The van der Waals surface area contributed by atoms with E-state index >= 15 is 0 Å². The smallest absolute Gasteiger partial charge is 0.331 e. The van der Waals surface area contributed by atoms with E-state index in [2.05, 4.69) is 4.98 Å². The first-order chi connectivity index (χ1) is 14.1. The molecule has 29 heavy (non-hydrogen) atoms. The zero-order chi connectivity index (χ0) is 20.2. The van der Waals surface area contributed by atoms with Gasteiger partial charge < -0.3 is 14.2 Å². The second-order valence-corrected chi connectivity index (χ2v) is 6.83. The Hall–Kier alpha value is -3.72. The van der Waals surface area contributed by atoms with Crippen molar-refractivity contribution in [3.63, 3.8) is 0 Å². The number of esters is 1. The number of nitro benzene ring substituents is 1. The van der Waals surface area contributed by atoms with Gasteiger partial charge in [-0.3, -0.25) is 10.1 Å². The Labute approximate surface area is 169 Å². The minimum atomic E-state index is -0.633. The van der Waals surface area contributed by atoms with Crippen molar-refractivity contribution in [2.24, 2.45) is 0 Å². The maximum absolute atomic E-state index is 12.0. The number of hydrogen-bond donors (Lipinski definition) is 0. The van der Waals surface area contributed by atoms with Crippen LogP contribution < -0.4 is 9.47 Å². The monoisotopic (exact) mass is 410 g/mol. The van der Waals surface area contributed by atoms with Crippen LogP contribution in [-0.4, -0.2) is 22.7 Å². The van der Waals surface area contributed by atoms with E-state index in [1.54, 1.807) is 0 Å². The summed E-state index contributed by atoms with van der Waals surface area (Å²) in [6.07, 6.45) is 2.45. The Morgan fingerprint density at radius 3 is 2.76 bits per heavy atom. The van der Waals surface area contributed by atoms with Crippen LogP contribution in [0.1, 0.15) is 11.3 Å². The highest BCUT2D eigenvalue weighted by atomic mass is 32.1. The van der Waals surface area contributed by atoms with Crippen molar-refractivity contribution in [3.05, 3.63) is 75.3 Å². The molecule has 0 radical (unpaired) electrons. The lowest BCUT2D eigenvalue weighted by molar-refractivity contribution is -0.385. The van der Waals surface area contributed by atoms with Crippen molar-refractivity contribution in [2.45, 2.75) is 6.61 Å². The van der Waals surface area contributed by atoms with Crippen molar-refractivity contribution in [2.75, 3.05) is 6.79 Å². The molecule has 0 aliphatic carbocycles.